The van der Waals surface area contributed by atoms with Crippen LogP contribution in [0, 0.1) is 0 Å². The fraction of sp³-hybridized carbons (Fsp3) is 0.125. The Kier molecular flexibility index (Phi) is 7.17. The number of nitrogens with two attached hydrogens (primary N) is 1. The molecule has 0 radical (unpaired) electrons. The van der Waals surface area contributed by atoms with Crippen molar-refractivity contribution in [1.82, 2.24) is 5.43 Å². The van der Waals surface area contributed by atoms with Gasteiger partial charge in [-0.2, -0.15) is 0 Å². The number of hydrogen-bond acceptors (Lipinski definition) is 3. The molecule has 1 amide bonds. The van der Waals surface area contributed by atoms with Crippen molar-refractivity contribution in [3.63, 3.8) is 0 Å². The molecule has 0 spiro atoms. The van der Waals surface area contributed by atoms with E-state index >= 15 is 0 Å². The number of carbonyl (C=O) groups excluding carboxylic acids is 1. The van der Waals surface area contributed by atoms with Crippen molar-refractivity contribution < 1.29 is 4.79 Å². The lowest BCUT2D eigenvalue weighted by Gasteiger charge is -2.24. The van der Waals surface area contributed by atoms with Gasteiger partial charge in [0, 0.05) is 5.75 Å². The van der Waals surface area contributed by atoms with Crippen molar-refractivity contribution in [2.24, 2.45) is 5.73 Å². The molecule has 2 aromatic carbocycles. The monoisotopic (exact) mass is 399 g/mol. The van der Waals surface area contributed by atoms with Crippen molar-refractivity contribution in [2.45, 2.75) is 5.75 Å². The van der Waals surface area contributed by atoms with Gasteiger partial charge in [-0.05, 0) is 29.9 Å². The van der Waals surface area contributed by atoms with Crippen molar-refractivity contribution in [3.8, 4) is 0 Å². The second-order valence-corrected chi connectivity index (χ2v) is 6.95. The molecule has 0 aliphatic heterocycles. The minimum absolute atomic E-state index is 0.0272. The minimum Gasteiger partial charge on any atom is -0.374 e. The molecule has 0 unspecified atom stereocenters. The van der Waals surface area contributed by atoms with Crippen molar-refractivity contribution >= 4 is 63.9 Å². The quantitative estimate of drug-likeness (QED) is 0.587. The standard InChI is InChI=1S/C16H15Cl2N3OS2/c17-12-7-4-8-13(15(12)18)21(16(19)23)20-14(22)10-24-9-11-5-2-1-3-6-11/h1-8H,9-10H2,(H2,19,23)(H,20,22). The fourth-order valence-corrected chi connectivity index (χ4v) is 3.20. The first kappa shape index (κ1) is 18.9. The molecule has 0 bridgehead atoms. The Bertz CT molecular complexity index is 729. The van der Waals surface area contributed by atoms with Crippen LogP contribution in [-0.2, 0) is 10.5 Å². The van der Waals surface area contributed by atoms with Crippen LogP contribution in [0.1, 0.15) is 5.56 Å². The zero-order chi connectivity index (χ0) is 17.5. The zero-order valence-electron chi connectivity index (χ0n) is 12.5. The van der Waals surface area contributed by atoms with E-state index in [2.05, 4.69) is 5.43 Å². The predicted octanol–water partition coefficient (Wildman–Crippen LogP) is 4.01. The van der Waals surface area contributed by atoms with Crippen molar-refractivity contribution in [1.29, 1.82) is 0 Å². The second kappa shape index (κ2) is 9.13. The van der Waals surface area contributed by atoms with Gasteiger partial charge in [0.05, 0.1) is 21.5 Å². The van der Waals surface area contributed by atoms with Crippen LogP contribution in [0.5, 0.6) is 0 Å². The number of thiocarbonyl (C=S) groups is 1. The third kappa shape index (κ3) is 5.27. The van der Waals surface area contributed by atoms with Crippen LogP contribution < -0.4 is 16.2 Å². The lowest BCUT2D eigenvalue weighted by molar-refractivity contribution is -0.118. The average molecular weight is 400 g/mol. The summed E-state index contributed by atoms with van der Waals surface area (Å²) < 4.78 is 0. The topological polar surface area (TPSA) is 58.4 Å². The Morgan fingerprint density at radius 1 is 1.17 bits per heavy atom. The van der Waals surface area contributed by atoms with E-state index in [4.69, 9.17) is 41.2 Å². The number of nitrogens with one attached hydrogen (secondary N) is 1. The molecule has 8 heteroatoms. The Balaban J connectivity index is 1.96. The minimum atomic E-state index is -0.236. The van der Waals surface area contributed by atoms with Gasteiger partial charge >= 0.3 is 0 Å². The molecule has 3 N–H and O–H groups in total. The maximum atomic E-state index is 12.2. The predicted molar refractivity (Wildman–Crippen MR) is 106 cm³/mol. The number of halogens is 2. The Morgan fingerprint density at radius 2 is 1.88 bits per heavy atom. The van der Waals surface area contributed by atoms with Crippen molar-refractivity contribution in [2.75, 3.05) is 10.8 Å². The normalized spacial score (nSPS) is 10.2. The van der Waals surface area contributed by atoms with Gasteiger partial charge in [-0.25, -0.2) is 5.01 Å². The number of anilines is 1. The largest absolute Gasteiger partial charge is 0.374 e. The first-order valence-corrected chi connectivity index (χ1v) is 9.25. The van der Waals surface area contributed by atoms with E-state index in [0.717, 1.165) is 11.3 Å². The first-order valence-electron chi connectivity index (χ1n) is 6.93. The molecule has 4 nitrogen and oxygen atoms in total. The summed E-state index contributed by atoms with van der Waals surface area (Å²) in [5.41, 5.74) is 9.92. The molecule has 2 aromatic rings. The molecule has 126 valence electrons. The number of amides is 1. The number of hydrazine groups is 1. The molecule has 0 atom stereocenters. The molecule has 2 rings (SSSR count). The third-order valence-electron chi connectivity index (χ3n) is 2.97. The number of hydrogen-bond donors (Lipinski definition) is 2. The summed E-state index contributed by atoms with van der Waals surface area (Å²) in [5, 5.41) is 1.85. The maximum Gasteiger partial charge on any atom is 0.248 e. The molecular weight excluding hydrogens is 385 g/mol. The molecule has 0 heterocycles. The second-order valence-electron chi connectivity index (χ2n) is 4.76. The van der Waals surface area contributed by atoms with Gasteiger partial charge in [-0.3, -0.25) is 10.2 Å². The first-order chi connectivity index (χ1) is 11.5. The number of carbonyl (C=O) groups is 1. The van der Waals surface area contributed by atoms with E-state index in [0.29, 0.717) is 10.7 Å². The lowest BCUT2D eigenvalue weighted by Crippen LogP contribution is -2.49. The van der Waals surface area contributed by atoms with Gasteiger partial charge in [0.1, 0.15) is 0 Å². The van der Waals surface area contributed by atoms with E-state index in [1.807, 2.05) is 30.3 Å². The van der Waals surface area contributed by atoms with Gasteiger partial charge in [-0.1, -0.05) is 59.6 Å². The summed E-state index contributed by atoms with van der Waals surface area (Å²) in [5.74, 6) is 0.755. The highest BCUT2D eigenvalue weighted by Crippen LogP contribution is 2.31. The SMILES string of the molecule is NC(=S)N(NC(=O)CSCc1ccccc1)c1cccc(Cl)c1Cl. The Morgan fingerprint density at radius 3 is 2.54 bits per heavy atom. The van der Waals surface area contributed by atoms with Crippen LogP contribution in [-0.4, -0.2) is 16.8 Å². The summed E-state index contributed by atoms with van der Waals surface area (Å²) in [6, 6.07) is 14.9. The van der Waals surface area contributed by atoms with Crippen molar-refractivity contribution in [3.05, 3.63) is 64.1 Å². The van der Waals surface area contributed by atoms with Crippen LogP contribution >= 0.6 is 47.2 Å². The molecule has 0 saturated heterocycles. The number of rotatable bonds is 5. The van der Waals surface area contributed by atoms with E-state index in [9.17, 15) is 4.79 Å². The molecule has 0 fully saturated rings. The smallest absolute Gasteiger partial charge is 0.248 e. The van der Waals surface area contributed by atoms with Gasteiger partial charge in [0.2, 0.25) is 5.91 Å². The molecule has 0 saturated carbocycles. The summed E-state index contributed by atoms with van der Waals surface area (Å²) in [6.45, 7) is 0. The van der Waals surface area contributed by atoms with Crippen LogP contribution in [0.15, 0.2) is 48.5 Å². The lowest BCUT2D eigenvalue weighted by atomic mass is 10.2. The van der Waals surface area contributed by atoms with Gasteiger partial charge in [0.25, 0.3) is 0 Å². The highest BCUT2D eigenvalue weighted by atomic mass is 35.5. The van der Waals surface area contributed by atoms with Crippen LogP contribution in [0.3, 0.4) is 0 Å². The number of benzene rings is 2. The van der Waals surface area contributed by atoms with E-state index in [-0.39, 0.29) is 21.8 Å². The maximum absolute atomic E-state index is 12.2. The van der Waals surface area contributed by atoms with Crippen LogP contribution in [0.4, 0.5) is 5.69 Å². The molecule has 0 aliphatic rings. The van der Waals surface area contributed by atoms with Gasteiger partial charge in [0.15, 0.2) is 5.11 Å². The van der Waals surface area contributed by atoms with Gasteiger partial charge in [-0.15, -0.1) is 11.8 Å². The average Bonchev–Trinajstić information content (AvgIpc) is 2.56. The third-order valence-corrected chi connectivity index (χ3v) is 4.97. The highest BCUT2D eigenvalue weighted by Gasteiger charge is 2.17. The number of nitrogens with zero attached hydrogens (tertiary/aromatic N) is 1. The summed E-state index contributed by atoms with van der Waals surface area (Å²) in [6.07, 6.45) is 0. The molecule has 24 heavy (non-hydrogen) atoms. The van der Waals surface area contributed by atoms with E-state index in [1.165, 1.54) is 16.8 Å². The van der Waals surface area contributed by atoms with E-state index in [1.54, 1.807) is 18.2 Å². The molecule has 0 aromatic heterocycles. The van der Waals surface area contributed by atoms with Gasteiger partial charge < -0.3 is 5.73 Å². The summed E-state index contributed by atoms with van der Waals surface area (Å²) in [7, 11) is 0. The summed E-state index contributed by atoms with van der Waals surface area (Å²) >= 11 is 18.6. The molecular formula is C16H15Cl2N3OS2. The zero-order valence-corrected chi connectivity index (χ0v) is 15.7. The van der Waals surface area contributed by atoms with E-state index < -0.39 is 0 Å². The fourth-order valence-electron chi connectivity index (χ4n) is 1.89. The highest BCUT2D eigenvalue weighted by molar-refractivity contribution is 7.99. The summed E-state index contributed by atoms with van der Waals surface area (Å²) in [4.78, 5) is 12.2. The number of thioether (sulfide) groups is 1. The van der Waals surface area contributed by atoms with Crippen LogP contribution in [0.2, 0.25) is 10.0 Å². The Hall–Kier alpha value is -1.47. The Labute approximate surface area is 160 Å². The van der Waals surface area contributed by atoms with Crippen LogP contribution in [0.25, 0.3) is 0 Å². The molecule has 0 aliphatic carbocycles.